The minimum atomic E-state index is -1.14. The van der Waals surface area contributed by atoms with Crippen molar-refractivity contribution in [1.29, 1.82) is 0 Å². The van der Waals surface area contributed by atoms with Crippen LogP contribution in [0.1, 0.15) is 41.3 Å². The van der Waals surface area contributed by atoms with E-state index in [2.05, 4.69) is 0 Å². The van der Waals surface area contributed by atoms with E-state index >= 15 is 0 Å². The lowest BCUT2D eigenvalue weighted by Gasteiger charge is -2.27. The van der Waals surface area contributed by atoms with Crippen LogP contribution in [0.25, 0.3) is 0 Å². The summed E-state index contributed by atoms with van der Waals surface area (Å²) in [6.45, 7) is 0.937. The van der Waals surface area contributed by atoms with Crippen molar-refractivity contribution in [2.24, 2.45) is 5.41 Å². The van der Waals surface area contributed by atoms with Crippen molar-refractivity contribution in [3.8, 4) is 5.75 Å². The van der Waals surface area contributed by atoms with Gasteiger partial charge in [-0.3, -0.25) is 4.79 Å². The van der Waals surface area contributed by atoms with Crippen LogP contribution in [-0.2, 0) is 22.4 Å². The summed E-state index contributed by atoms with van der Waals surface area (Å²) in [6, 6.07) is 11.2. The number of rotatable bonds is 8. The summed E-state index contributed by atoms with van der Waals surface area (Å²) in [6.07, 6.45) is 1.52. The number of ether oxygens (including phenoxy) is 1. The van der Waals surface area contributed by atoms with Crippen molar-refractivity contribution in [3.63, 3.8) is 0 Å². The fourth-order valence-electron chi connectivity index (χ4n) is 3.83. The molecule has 0 heterocycles. The maximum atomic E-state index is 13.5. The highest BCUT2D eigenvalue weighted by Crippen LogP contribution is 2.49. The molecule has 0 saturated carbocycles. The Hall–Kier alpha value is -2.37. The van der Waals surface area contributed by atoms with Crippen LogP contribution in [0.15, 0.2) is 36.4 Å². The molecule has 7 heteroatoms. The lowest BCUT2D eigenvalue weighted by atomic mass is 9.74. The van der Waals surface area contributed by atoms with E-state index in [1.165, 1.54) is 6.92 Å². The number of Topliss-reactive ketones (excluding diaryl/α,β-unsaturated/α-hetero) is 2. The van der Waals surface area contributed by atoms with E-state index in [9.17, 15) is 14.4 Å². The van der Waals surface area contributed by atoms with E-state index in [4.69, 9.17) is 33.0 Å². The maximum Gasteiger partial charge on any atom is 0.341 e. The van der Waals surface area contributed by atoms with E-state index in [1.807, 2.05) is 30.3 Å². The van der Waals surface area contributed by atoms with Gasteiger partial charge in [-0.25, -0.2) is 4.79 Å². The average molecular weight is 435 g/mol. The molecule has 3 rings (SSSR count). The van der Waals surface area contributed by atoms with Crippen LogP contribution < -0.4 is 4.74 Å². The standard InChI is InChI=1S/C22H20Cl2O5/c1-13(25)7-8-22(10-14-5-3-2-4-6-14)11-15-9-16(29-12-17(26)27)19(23)20(24)18(15)21(22)28/h2-6,9H,7-8,10-12H2,1H3,(H,26,27). The molecule has 29 heavy (non-hydrogen) atoms. The first-order valence-corrected chi connectivity index (χ1v) is 9.93. The number of hydrogen-bond acceptors (Lipinski definition) is 4. The summed E-state index contributed by atoms with van der Waals surface area (Å²) in [7, 11) is 0. The molecule has 0 radical (unpaired) electrons. The van der Waals surface area contributed by atoms with Crippen molar-refractivity contribution in [3.05, 3.63) is 63.1 Å². The zero-order valence-corrected chi connectivity index (χ0v) is 17.3. The Morgan fingerprint density at radius 2 is 1.86 bits per heavy atom. The van der Waals surface area contributed by atoms with E-state index < -0.39 is 18.0 Å². The van der Waals surface area contributed by atoms with Crippen molar-refractivity contribution < 1.29 is 24.2 Å². The first-order chi connectivity index (χ1) is 13.7. The van der Waals surface area contributed by atoms with E-state index in [-0.39, 0.29) is 33.8 Å². The normalized spacial score (nSPS) is 17.8. The Balaban J connectivity index is 2.02. The summed E-state index contributed by atoms with van der Waals surface area (Å²) in [5.74, 6) is -1.15. The van der Waals surface area contributed by atoms with Gasteiger partial charge in [0.25, 0.3) is 0 Å². The summed E-state index contributed by atoms with van der Waals surface area (Å²) >= 11 is 12.7. The minimum Gasteiger partial charge on any atom is -0.480 e. The monoisotopic (exact) mass is 434 g/mol. The SMILES string of the molecule is CC(=O)CCC1(Cc2ccccc2)Cc2cc(OCC(=O)O)c(Cl)c(Cl)c2C1=O. The number of carboxylic acid groups (broad SMARTS) is 1. The zero-order valence-electron chi connectivity index (χ0n) is 15.8. The molecule has 1 atom stereocenters. The molecule has 1 N–H and O–H groups in total. The highest BCUT2D eigenvalue weighted by Gasteiger charge is 2.47. The third-order valence-corrected chi connectivity index (χ3v) is 6.03. The Kier molecular flexibility index (Phi) is 6.30. The van der Waals surface area contributed by atoms with E-state index in [0.717, 1.165) is 5.56 Å². The van der Waals surface area contributed by atoms with Gasteiger partial charge in [-0.1, -0.05) is 53.5 Å². The van der Waals surface area contributed by atoms with Crippen LogP contribution in [-0.4, -0.2) is 29.2 Å². The first kappa shape index (κ1) is 21.3. The fraction of sp³-hybridized carbons (Fsp3) is 0.318. The van der Waals surface area contributed by atoms with Crippen molar-refractivity contribution in [1.82, 2.24) is 0 Å². The van der Waals surface area contributed by atoms with Crippen molar-refractivity contribution in [2.75, 3.05) is 6.61 Å². The quantitative estimate of drug-likeness (QED) is 0.645. The Morgan fingerprint density at radius 1 is 1.17 bits per heavy atom. The molecule has 0 aliphatic heterocycles. The lowest BCUT2D eigenvalue weighted by molar-refractivity contribution is -0.139. The number of hydrogen-bond donors (Lipinski definition) is 1. The van der Waals surface area contributed by atoms with Gasteiger partial charge in [0, 0.05) is 17.4 Å². The van der Waals surface area contributed by atoms with E-state index in [0.29, 0.717) is 30.4 Å². The third-order valence-electron chi connectivity index (χ3n) is 5.18. The van der Waals surface area contributed by atoms with Crippen LogP contribution in [0.4, 0.5) is 0 Å². The molecule has 152 valence electrons. The average Bonchev–Trinajstić information content (AvgIpc) is 2.94. The number of carboxylic acids is 1. The highest BCUT2D eigenvalue weighted by atomic mass is 35.5. The van der Waals surface area contributed by atoms with Gasteiger partial charge in [0.15, 0.2) is 12.4 Å². The highest BCUT2D eigenvalue weighted by molar-refractivity contribution is 6.45. The number of fused-ring (bicyclic) bond motifs is 1. The van der Waals surface area contributed by atoms with Crippen LogP contribution in [0.2, 0.25) is 10.0 Å². The van der Waals surface area contributed by atoms with Gasteiger partial charge < -0.3 is 14.6 Å². The zero-order chi connectivity index (χ0) is 21.2. The molecule has 0 saturated heterocycles. The number of halogens is 2. The largest absolute Gasteiger partial charge is 0.480 e. The molecule has 0 aromatic heterocycles. The van der Waals surface area contributed by atoms with Gasteiger partial charge in [0.05, 0.1) is 5.02 Å². The first-order valence-electron chi connectivity index (χ1n) is 9.17. The molecular weight excluding hydrogens is 415 g/mol. The number of aliphatic carboxylic acids is 1. The topological polar surface area (TPSA) is 80.7 Å². The van der Waals surface area contributed by atoms with Gasteiger partial charge >= 0.3 is 5.97 Å². The second-order valence-electron chi connectivity index (χ2n) is 7.37. The van der Waals surface area contributed by atoms with Crippen LogP contribution in [0.3, 0.4) is 0 Å². The number of carbonyl (C=O) groups is 3. The second kappa shape index (κ2) is 8.56. The molecule has 1 unspecified atom stereocenters. The van der Waals surface area contributed by atoms with Crippen LogP contribution in [0, 0.1) is 5.41 Å². The molecular formula is C22H20Cl2O5. The summed E-state index contributed by atoms with van der Waals surface area (Å²) in [5.41, 5.74) is 1.16. The predicted molar refractivity (Wildman–Crippen MR) is 110 cm³/mol. The van der Waals surface area contributed by atoms with Gasteiger partial charge in [-0.15, -0.1) is 0 Å². The molecule has 0 fully saturated rings. The Labute approximate surface area is 178 Å². The predicted octanol–water partition coefficient (Wildman–Crippen LogP) is 4.79. The van der Waals surface area contributed by atoms with Crippen molar-refractivity contribution >= 4 is 40.7 Å². The Morgan fingerprint density at radius 3 is 2.48 bits per heavy atom. The molecule has 0 bridgehead atoms. The smallest absolute Gasteiger partial charge is 0.341 e. The molecule has 5 nitrogen and oxygen atoms in total. The number of ketones is 2. The fourth-order valence-corrected chi connectivity index (χ4v) is 4.33. The second-order valence-corrected chi connectivity index (χ2v) is 8.13. The van der Waals surface area contributed by atoms with Gasteiger partial charge in [-0.2, -0.15) is 0 Å². The minimum absolute atomic E-state index is 0.0100. The third kappa shape index (κ3) is 4.46. The maximum absolute atomic E-state index is 13.5. The molecule has 2 aromatic carbocycles. The van der Waals surface area contributed by atoms with Crippen LogP contribution in [0.5, 0.6) is 5.75 Å². The van der Waals surface area contributed by atoms with Crippen LogP contribution >= 0.6 is 23.2 Å². The van der Waals surface area contributed by atoms with Gasteiger partial charge in [-0.05, 0) is 43.4 Å². The number of benzene rings is 2. The van der Waals surface area contributed by atoms with E-state index in [1.54, 1.807) is 6.07 Å². The molecule has 1 aliphatic rings. The van der Waals surface area contributed by atoms with Crippen molar-refractivity contribution in [2.45, 2.75) is 32.6 Å². The molecule has 0 amide bonds. The molecule has 1 aliphatic carbocycles. The summed E-state index contributed by atoms with van der Waals surface area (Å²) in [4.78, 5) is 36.0. The van der Waals surface area contributed by atoms with Gasteiger partial charge in [0.1, 0.15) is 16.6 Å². The lowest BCUT2D eigenvalue weighted by Crippen LogP contribution is -2.31. The molecule has 2 aromatic rings. The van der Waals surface area contributed by atoms with Gasteiger partial charge in [0.2, 0.25) is 0 Å². The Bertz CT molecular complexity index is 971. The number of carbonyl (C=O) groups excluding carboxylic acids is 2. The molecule has 0 spiro atoms. The summed E-state index contributed by atoms with van der Waals surface area (Å²) < 4.78 is 5.24. The summed E-state index contributed by atoms with van der Waals surface area (Å²) in [5, 5.41) is 8.93.